The first kappa shape index (κ1) is 9.00. The molecule has 2 fully saturated rings. The fourth-order valence-corrected chi connectivity index (χ4v) is 2.75. The molecule has 2 rings (SSSR count). The zero-order valence-electron chi connectivity index (χ0n) is 7.90. The molecule has 0 bridgehead atoms. The number of ether oxygens (including phenoxy) is 1. The third-order valence-electron chi connectivity index (χ3n) is 3.67. The van der Waals surface area contributed by atoms with Gasteiger partial charge in [-0.3, -0.25) is 4.79 Å². The molecule has 0 aromatic carbocycles. The molecule has 0 aliphatic heterocycles. The molecule has 3 nitrogen and oxygen atoms in total. The molecule has 1 N–H and O–H groups in total. The van der Waals surface area contributed by atoms with Crippen LogP contribution in [0, 0.1) is 17.8 Å². The van der Waals surface area contributed by atoms with E-state index in [4.69, 9.17) is 4.74 Å². The van der Waals surface area contributed by atoms with Crippen LogP contribution in [0.5, 0.6) is 0 Å². The summed E-state index contributed by atoms with van der Waals surface area (Å²) in [5.41, 5.74) is 0. The number of hydrogen-bond acceptors (Lipinski definition) is 3. The number of hydrogen-bond donors (Lipinski definition) is 1. The minimum atomic E-state index is -0.167. The number of rotatable bonds is 1. The van der Waals surface area contributed by atoms with Crippen LogP contribution in [-0.2, 0) is 9.53 Å². The van der Waals surface area contributed by atoms with E-state index in [9.17, 15) is 9.90 Å². The SMILES string of the molecule is COC(=O)[C@H]1CC[C@@H](O)[C@@H]2CC[C@@H]21. The Kier molecular flexibility index (Phi) is 2.28. The molecule has 0 spiro atoms. The molecule has 2 aliphatic carbocycles. The zero-order chi connectivity index (χ0) is 9.42. The average molecular weight is 184 g/mol. The highest BCUT2D eigenvalue weighted by molar-refractivity contribution is 5.73. The van der Waals surface area contributed by atoms with Crippen molar-refractivity contribution in [1.29, 1.82) is 0 Å². The van der Waals surface area contributed by atoms with Gasteiger partial charge in [0.2, 0.25) is 0 Å². The Morgan fingerprint density at radius 1 is 1.23 bits per heavy atom. The maximum absolute atomic E-state index is 11.4. The van der Waals surface area contributed by atoms with E-state index in [2.05, 4.69) is 0 Å². The lowest BCUT2D eigenvalue weighted by molar-refractivity contribution is -0.157. The largest absolute Gasteiger partial charge is 0.469 e. The lowest BCUT2D eigenvalue weighted by atomic mass is 9.59. The van der Waals surface area contributed by atoms with Gasteiger partial charge >= 0.3 is 5.97 Å². The molecule has 0 amide bonds. The van der Waals surface area contributed by atoms with Crippen molar-refractivity contribution >= 4 is 5.97 Å². The summed E-state index contributed by atoms with van der Waals surface area (Å²) in [6.07, 6.45) is 3.57. The lowest BCUT2D eigenvalue weighted by Crippen LogP contribution is -2.47. The van der Waals surface area contributed by atoms with Crippen molar-refractivity contribution in [3.8, 4) is 0 Å². The summed E-state index contributed by atoms with van der Waals surface area (Å²) in [5, 5.41) is 9.62. The van der Waals surface area contributed by atoms with E-state index < -0.39 is 0 Å². The van der Waals surface area contributed by atoms with E-state index in [1.165, 1.54) is 7.11 Å². The summed E-state index contributed by atoms with van der Waals surface area (Å²) in [6, 6.07) is 0. The Hall–Kier alpha value is -0.570. The van der Waals surface area contributed by atoms with Crippen molar-refractivity contribution in [3.05, 3.63) is 0 Å². The standard InChI is InChI=1S/C10H16O3/c1-13-10(12)8-4-5-9(11)7-3-2-6(7)8/h6-9,11H,2-5H2,1H3/t6-,7+,8-,9+/m0/s1. The normalized spacial score (nSPS) is 43.2. The maximum atomic E-state index is 11.4. The van der Waals surface area contributed by atoms with Gasteiger partial charge in [0.05, 0.1) is 19.1 Å². The van der Waals surface area contributed by atoms with Crippen LogP contribution in [0.15, 0.2) is 0 Å². The zero-order valence-corrected chi connectivity index (χ0v) is 7.90. The molecule has 13 heavy (non-hydrogen) atoms. The molecule has 0 aromatic rings. The Morgan fingerprint density at radius 3 is 2.46 bits per heavy atom. The van der Waals surface area contributed by atoms with Gasteiger partial charge in [-0.2, -0.15) is 0 Å². The first-order chi connectivity index (χ1) is 6.24. The molecule has 74 valence electrons. The van der Waals surface area contributed by atoms with E-state index in [0.29, 0.717) is 11.8 Å². The van der Waals surface area contributed by atoms with Crippen LogP contribution in [0.25, 0.3) is 0 Å². The lowest BCUT2D eigenvalue weighted by Gasteiger charge is -2.47. The molecule has 0 unspecified atom stereocenters. The van der Waals surface area contributed by atoms with Crippen LogP contribution >= 0.6 is 0 Å². The Balaban J connectivity index is 2.03. The number of carbonyl (C=O) groups excluding carboxylic acids is 1. The minimum Gasteiger partial charge on any atom is -0.469 e. The molecule has 0 saturated heterocycles. The number of fused-ring (bicyclic) bond motifs is 1. The van der Waals surface area contributed by atoms with E-state index in [-0.39, 0.29) is 18.0 Å². The molecule has 0 radical (unpaired) electrons. The number of esters is 1. The molecule has 3 heteroatoms. The fourth-order valence-electron chi connectivity index (χ4n) is 2.75. The quantitative estimate of drug-likeness (QED) is 0.617. The Morgan fingerprint density at radius 2 is 1.92 bits per heavy atom. The van der Waals surface area contributed by atoms with E-state index in [0.717, 1.165) is 25.7 Å². The first-order valence-corrected chi connectivity index (χ1v) is 5.00. The molecule has 4 atom stereocenters. The van der Waals surface area contributed by atoms with Gasteiger partial charge in [-0.05, 0) is 37.5 Å². The molecule has 2 aliphatic rings. The van der Waals surface area contributed by atoms with Crippen molar-refractivity contribution < 1.29 is 14.6 Å². The molecular weight excluding hydrogens is 168 g/mol. The van der Waals surface area contributed by atoms with Crippen molar-refractivity contribution in [2.45, 2.75) is 31.8 Å². The first-order valence-electron chi connectivity index (χ1n) is 5.00. The smallest absolute Gasteiger partial charge is 0.308 e. The van der Waals surface area contributed by atoms with Gasteiger partial charge in [-0.1, -0.05) is 0 Å². The highest BCUT2D eigenvalue weighted by atomic mass is 16.5. The summed E-state index contributed by atoms with van der Waals surface area (Å²) >= 11 is 0. The van der Waals surface area contributed by atoms with E-state index in [1.807, 2.05) is 0 Å². The van der Waals surface area contributed by atoms with Crippen molar-refractivity contribution in [1.82, 2.24) is 0 Å². The number of aliphatic hydroxyl groups excluding tert-OH is 1. The summed E-state index contributed by atoms with van der Waals surface area (Å²) < 4.78 is 4.76. The predicted octanol–water partition coefficient (Wildman–Crippen LogP) is 0.956. The second-order valence-corrected chi connectivity index (χ2v) is 4.18. The predicted molar refractivity (Wildman–Crippen MR) is 47.0 cm³/mol. The van der Waals surface area contributed by atoms with Crippen LogP contribution in [0.4, 0.5) is 0 Å². The maximum Gasteiger partial charge on any atom is 0.308 e. The number of aliphatic hydroxyl groups is 1. The monoisotopic (exact) mass is 184 g/mol. The molecule has 0 aromatic heterocycles. The fraction of sp³-hybridized carbons (Fsp3) is 0.900. The minimum absolute atomic E-state index is 0.0622. The third-order valence-corrected chi connectivity index (χ3v) is 3.67. The van der Waals surface area contributed by atoms with Crippen LogP contribution in [0.2, 0.25) is 0 Å². The van der Waals surface area contributed by atoms with Gasteiger partial charge in [-0.25, -0.2) is 0 Å². The van der Waals surface area contributed by atoms with Gasteiger partial charge < -0.3 is 9.84 Å². The third kappa shape index (κ3) is 1.35. The van der Waals surface area contributed by atoms with Crippen LogP contribution in [0.1, 0.15) is 25.7 Å². The summed E-state index contributed by atoms with van der Waals surface area (Å²) in [7, 11) is 1.45. The van der Waals surface area contributed by atoms with Crippen molar-refractivity contribution in [2.24, 2.45) is 17.8 Å². The van der Waals surface area contributed by atoms with E-state index in [1.54, 1.807) is 0 Å². The van der Waals surface area contributed by atoms with Crippen LogP contribution in [-0.4, -0.2) is 24.3 Å². The van der Waals surface area contributed by atoms with Crippen LogP contribution < -0.4 is 0 Å². The van der Waals surface area contributed by atoms with Gasteiger partial charge in [-0.15, -0.1) is 0 Å². The summed E-state index contributed by atoms with van der Waals surface area (Å²) in [4.78, 5) is 11.4. The molecular formula is C10H16O3. The highest BCUT2D eigenvalue weighted by Crippen LogP contribution is 2.48. The van der Waals surface area contributed by atoms with Crippen molar-refractivity contribution in [3.63, 3.8) is 0 Å². The second kappa shape index (κ2) is 3.29. The molecule has 0 heterocycles. The van der Waals surface area contributed by atoms with Gasteiger partial charge in [0, 0.05) is 0 Å². The van der Waals surface area contributed by atoms with E-state index >= 15 is 0 Å². The van der Waals surface area contributed by atoms with Gasteiger partial charge in [0.1, 0.15) is 0 Å². The highest BCUT2D eigenvalue weighted by Gasteiger charge is 2.47. The summed E-state index contributed by atoms with van der Waals surface area (Å²) in [6.45, 7) is 0. The summed E-state index contributed by atoms with van der Waals surface area (Å²) in [5.74, 6) is 0.753. The Labute approximate surface area is 78.1 Å². The van der Waals surface area contributed by atoms with Crippen LogP contribution in [0.3, 0.4) is 0 Å². The Bertz CT molecular complexity index is 214. The number of methoxy groups -OCH3 is 1. The number of carbonyl (C=O) groups is 1. The average Bonchev–Trinajstić information content (AvgIpc) is 2.06. The van der Waals surface area contributed by atoms with Gasteiger partial charge in [0.25, 0.3) is 0 Å². The molecule has 2 saturated carbocycles. The van der Waals surface area contributed by atoms with Gasteiger partial charge in [0.15, 0.2) is 0 Å². The second-order valence-electron chi connectivity index (χ2n) is 4.18. The topological polar surface area (TPSA) is 46.5 Å². The van der Waals surface area contributed by atoms with Crippen molar-refractivity contribution in [2.75, 3.05) is 7.11 Å².